The van der Waals surface area contributed by atoms with E-state index in [0.29, 0.717) is 19.5 Å². The summed E-state index contributed by atoms with van der Waals surface area (Å²) >= 11 is 0. The normalized spacial score (nSPS) is 26.8. The summed E-state index contributed by atoms with van der Waals surface area (Å²) in [5.41, 5.74) is 2.01. The third-order valence-corrected chi connectivity index (χ3v) is 6.89. The minimum Gasteiger partial charge on any atom is -0.481 e. The van der Waals surface area contributed by atoms with Crippen molar-refractivity contribution in [3.63, 3.8) is 0 Å². The van der Waals surface area contributed by atoms with Crippen LogP contribution in [-0.4, -0.2) is 49.1 Å². The van der Waals surface area contributed by atoms with Gasteiger partial charge in [0.25, 0.3) is 0 Å². The Hall–Kier alpha value is -2.57. The highest BCUT2D eigenvalue weighted by Gasteiger charge is 2.36. The number of nitrogens with one attached hydrogen (secondary N) is 1. The smallest absolute Gasteiger partial charge is 0.306 e. The van der Waals surface area contributed by atoms with Gasteiger partial charge in [-0.3, -0.25) is 14.4 Å². The maximum Gasteiger partial charge on any atom is 0.306 e. The Kier molecular flexibility index (Phi) is 6.25. The SMILES string of the molecule is O=C(NC[C@@H]1CCCC[C@@H]1C(=O)O)C1CC(=O)N(c2ccc(N3CCCC3)cc2)C1. The van der Waals surface area contributed by atoms with Gasteiger partial charge in [0, 0.05) is 44.0 Å². The molecule has 3 fully saturated rings. The zero-order valence-electron chi connectivity index (χ0n) is 17.4. The maximum atomic E-state index is 12.7. The Morgan fingerprint density at radius 2 is 1.67 bits per heavy atom. The van der Waals surface area contributed by atoms with Crippen molar-refractivity contribution in [2.45, 2.75) is 44.9 Å². The lowest BCUT2D eigenvalue weighted by molar-refractivity contribution is -0.145. The number of carboxylic acid groups (broad SMARTS) is 1. The highest BCUT2D eigenvalue weighted by atomic mass is 16.4. The number of nitrogens with zero attached hydrogens (tertiary/aromatic N) is 2. The molecule has 162 valence electrons. The summed E-state index contributed by atoms with van der Waals surface area (Å²) in [6.07, 6.45) is 6.09. The fraction of sp³-hybridized carbons (Fsp3) is 0.609. The number of carbonyl (C=O) groups excluding carboxylic acids is 2. The second-order valence-corrected chi connectivity index (χ2v) is 8.85. The van der Waals surface area contributed by atoms with Gasteiger partial charge in [-0.2, -0.15) is 0 Å². The second kappa shape index (κ2) is 9.06. The van der Waals surface area contributed by atoms with Crippen LogP contribution in [0.3, 0.4) is 0 Å². The van der Waals surface area contributed by atoms with E-state index in [9.17, 15) is 19.5 Å². The molecule has 1 aliphatic carbocycles. The van der Waals surface area contributed by atoms with Crippen molar-refractivity contribution in [1.29, 1.82) is 0 Å². The van der Waals surface area contributed by atoms with E-state index >= 15 is 0 Å². The zero-order valence-corrected chi connectivity index (χ0v) is 17.4. The summed E-state index contributed by atoms with van der Waals surface area (Å²) in [7, 11) is 0. The van der Waals surface area contributed by atoms with Crippen molar-refractivity contribution >= 4 is 29.2 Å². The molecule has 0 bridgehead atoms. The van der Waals surface area contributed by atoms with Crippen molar-refractivity contribution < 1.29 is 19.5 Å². The van der Waals surface area contributed by atoms with Crippen molar-refractivity contribution in [2.24, 2.45) is 17.8 Å². The summed E-state index contributed by atoms with van der Waals surface area (Å²) in [5.74, 6) is -1.74. The van der Waals surface area contributed by atoms with Gasteiger partial charge in [0.1, 0.15) is 0 Å². The summed E-state index contributed by atoms with van der Waals surface area (Å²) in [5, 5.41) is 12.3. The van der Waals surface area contributed by atoms with E-state index in [4.69, 9.17) is 0 Å². The van der Waals surface area contributed by atoms with Gasteiger partial charge in [0.2, 0.25) is 11.8 Å². The lowest BCUT2D eigenvalue weighted by Gasteiger charge is -2.29. The first-order valence-corrected chi connectivity index (χ1v) is 11.2. The van der Waals surface area contributed by atoms with E-state index in [1.54, 1.807) is 4.90 Å². The number of anilines is 2. The minimum atomic E-state index is -0.770. The molecular formula is C23H31N3O4. The number of amides is 2. The van der Waals surface area contributed by atoms with Gasteiger partial charge in [-0.25, -0.2) is 0 Å². The van der Waals surface area contributed by atoms with Crippen LogP contribution in [0.15, 0.2) is 24.3 Å². The first kappa shape index (κ1) is 20.7. The Labute approximate surface area is 177 Å². The first-order valence-electron chi connectivity index (χ1n) is 11.2. The Bertz CT molecular complexity index is 788. The number of carboxylic acids is 1. The zero-order chi connectivity index (χ0) is 21.1. The molecule has 1 saturated carbocycles. The fourth-order valence-corrected chi connectivity index (χ4v) is 5.10. The molecule has 2 N–H and O–H groups in total. The summed E-state index contributed by atoms with van der Waals surface area (Å²) in [6.45, 7) is 2.91. The number of hydrogen-bond donors (Lipinski definition) is 2. The van der Waals surface area contributed by atoms with Crippen molar-refractivity contribution in [1.82, 2.24) is 5.32 Å². The Balaban J connectivity index is 1.32. The molecule has 2 heterocycles. The first-order chi connectivity index (χ1) is 14.5. The van der Waals surface area contributed by atoms with Crippen molar-refractivity contribution in [3.8, 4) is 0 Å². The van der Waals surface area contributed by atoms with Gasteiger partial charge >= 0.3 is 5.97 Å². The topological polar surface area (TPSA) is 89.9 Å². The molecule has 1 unspecified atom stereocenters. The molecule has 3 aliphatic rings. The van der Waals surface area contributed by atoms with Gasteiger partial charge in [0.15, 0.2) is 0 Å². The quantitative estimate of drug-likeness (QED) is 0.748. The highest BCUT2D eigenvalue weighted by molar-refractivity contribution is 6.00. The fourth-order valence-electron chi connectivity index (χ4n) is 5.10. The van der Waals surface area contributed by atoms with Crippen LogP contribution in [0.25, 0.3) is 0 Å². The minimum absolute atomic E-state index is 0.0217. The summed E-state index contributed by atoms with van der Waals surface area (Å²) in [6, 6.07) is 8.03. The van der Waals surface area contributed by atoms with Crippen LogP contribution in [0.5, 0.6) is 0 Å². The molecule has 0 aromatic heterocycles. The average Bonchev–Trinajstić information content (AvgIpc) is 3.42. The monoisotopic (exact) mass is 413 g/mol. The molecule has 30 heavy (non-hydrogen) atoms. The number of aliphatic carboxylic acids is 1. The van der Waals surface area contributed by atoms with Crippen LogP contribution in [0.2, 0.25) is 0 Å². The van der Waals surface area contributed by atoms with Crippen LogP contribution in [-0.2, 0) is 14.4 Å². The largest absolute Gasteiger partial charge is 0.481 e. The third-order valence-electron chi connectivity index (χ3n) is 6.89. The molecule has 2 aliphatic heterocycles. The lowest BCUT2D eigenvalue weighted by Crippen LogP contribution is -2.40. The second-order valence-electron chi connectivity index (χ2n) is 8.85. The molecule has 1 aromatic rings. The van der Waals surface area contributed by atoms with Crippen LogP contribution >= 0.6 is 0 Å². The van der Waals surface area contributed by atoms with E-state index in [-0.39, 0.29) is 36.0 Å². The standard InChI is InChI=1S/C23H31N3O4/c27-21-13-17(22(28)24-14-16-5-1-2-6-20(16)23(29)30)15-26(21)19-9-7-18(8-10-19)25-11-3-4-12-25/h7-10,16-17,20H,1-6,11-15H2,(H,24,28)(H,29,30)/t16-,17?,20-/m0/s1. The number of benzene rings is 1. The molecule has 1 aromatic carbocycles. The van der Waals surface area contributed by atoms with Gasteiger partial charge in [0.05, 0.1) is 11.8 Å². The van der Waals surface area contributed by atoms with Crippen LogP contribution < -0.4 is 15.1 Å². The molecule has 7 nitrogen and oxygen atoms in total. The van der Waals surface area contributed by atoms with Crippen molar-refractivity contribution in [2.75, 3.05) is 36.0 Å². The predicted molar refractivity (Wildman–Crippen MR) is 114 cm³/mol. The molecule has 2 saturated heterocycles. The van der Waals surface area contributed by atoms with Crippen molar-refractivity contribution in [3.05, 3.63) is 24.3 Å². The summed E-state index contributed by atoms with van der Waals surface area (Å²) < 4.78 is 0. The molecule has 0 spiro atoms. The molecular weight excluding hydrogens is 382 g/mol. The van der Waals surface area contributed by atoms with Gasteiger partial charge in [-0.1, -0.05) is 12.8 Å². The maximum absolute atomic E-state index is 12.7. The number of rotatable bonds is 6. The third kappa shape index (κ3) is 4.45. The number of carbonyl (C=O) groups is 3. The van der Waals surface area contributed by atoms with Crippen LogP contribution in [0.1, 0.15) is 44.9 Å². The van der Waals surface area contributed by atoms with Gasteiger partial charge < -0.3 is 20.2 Å². The van der Waals surface area contributed by atoms with E-state index in [0.717, 1.165) is 38.0 Å². The molecule has 3 atom stereocenters. The molecule has 0 radical (unpaired) electrons. The summed E-state index contributed by atoms with van der Waals surface area (Å²) in [4.78, 5) is 40.7. The van der Waals surface area contributed by atoms with Crippen LogP contribution in [0, 0.1) is 17.8 Å². The molecule has 7 heteroatoms. The number of hydrogen-bond acceptors (Lipinski definition) is 4. The van der Waals surface area contributed by atoms with Gasteiger partial charge in [-0.05, 0) is 55.9 Å². The van der Waals surface area contributed by atoms with Crippen LogP contribution in [0.4, 0.5) is 11.4 Å². The van der Waals surface area contributed by atoms with E-state index in [1.165, 1.54) is 18.5 Å². The Morgan fingerprint density at radius 3 is 2.37 bits per heavy atom. The van der Waals surface area contributed by atoms with Gasteiger partial charge in [-0.15, -0.1) is 0 Å². The predicted octanol–water partition coefficient (Wildman–Crippen LogP) is 2.65. The molecule has 4 rings (SSSR count). The lowest BCUT2D eigenvalue weighted by atomic mass is 9.79. The average molecular weight is 414 g/mol. The Morgan fingerprint density at radius 1 is 1.00 bits per heavy atom. The van der Waals surface area contributed by atoms with E-state index in [1.807, 2.05) is 12.1 Å². The highest BCUT2D eigenvalue weighted by Crippen LogP contribution is 2.31. The van der Waals surface area contributed by atoms with E-state index in [2.05, 4.69) is 22.3 Å². The van der Waals surface area contributed by atoms with E-state index < -0.39 is 5.97 Å². The molecule has 2 amide bonds.